The van der Waals surface area contributed by atoms with Gasteiger partial charge < -0.3 is 28.7 Å². The van der Waals surface area contributed by atoms with Crippen LogP contribution in [0.2, 0.25) is 0 Å². The summed E-state index contributed by atoms with van der Waals surface area (Å²) in [5.41, 5.74) is 4.92. The van der Waals surface area contributed by atoms with Gasteiger partial charge in [-0.15, -0.1) is 0 Å². The molecule has 0 saturated carbocycles. The summed E-state index contributed by atoms with van der Waals surface area (Å²) in [6.45, 7) is 6.02. The van der Waals surface area contributed by atoms with E-state index in [0.717, 1.165) is 48.7 Å². The molecule has 1 aromatic heterocycles. The number of likely N-dealkylation sites (N-methyl/N-ethyl adjacent to an activating group) is 1. The fourth-order valence-corrected chi connectivity index (χ4v) is 6.64. The van der Waals surface area contributed by atoms with Gasteiger partial charge in [0.05, 0.1) is 19.0 Å². The summed E-state index contributed by atoms with van der Waals surface area (Å²) >= 11 is 0. The van der Waals surface area contributed by atoms with Crippen LogP contribution in [-0.2, 0) is 27.4 Å². The van der Waals surface area contributed by atoms with E-state index in [4.69, 9.17) is 9.47 Å². The third-order valence-electron chi connectivity index (χ3n) is 9.29. The lowest BCUT2D eigenvalue weighted by atomic mass is 9.84. The number of benzene rings is 2. The number of nitrogens with zero attached hydrogens (tertiary/aromatic N) is 5. The number of ether oxygens (including phenoxy) is 2. The third-order valence-corrected chi connectivity index (χ3v) is 9.29. The molecule has 9 heteroatoms. The number of piperazine rings is 1. The van der Waals surface area contributed by atoms with Gasteiger partial charge >= 0.3 is 0 Å². The number of aromatic nitrogens is 1. The molecule has 2 aliphatic heterocycles. The van der Waals surface area contributed by atoms with Crippen LogP contribution in [0, 0.1) is 0 Å². The normalized spacial score (nSPS) is 19.6. The van der Waals surface area contributed by atoms with Crippen molar-refractivity contribution in [3.05, 3.63) is 113 Å². The number of fused-ring (bicyclic) bond motifs is 2. The van der Waals surface area contributed by atoms with Crippen LogP contribution in [0.1, 0.15) is 33.2 Å². The van der Waals surface area contributed by atoms with Crippen molar-refractivity contribution in [1.29, 1.82) is 0 Å². The number of amides is 2. The van der Waals surface area contributed by atoms with Crippen LogP contribution in [-0.4, -0.2) is 104 Å². The average molecular weight is 610 g/mol. The van der Waals surface area contributed by atoms with Crippen LogP contribution >= 0.6 is 0 Å². The van der Waals surface area contributed by atoms with Crippen LogP contribution < -0.4 is 4.90 Å². The average Bonchev–Trinajstić information content (AvgIpc) is 3.39. The minimum absolute atomic E-state index is 0.0422. The van der Waals surface area contributed by atoms with E-state index in [1.807, 2.05) is 83.8 Å². The van der Waals surface area contributed by atoms with Gasteiger partial charge in [0.1, 0.15) is 5.69 Å². The molecular formula is C36H43N5O4. The van der Waals surface area contributed by atoms with Crippen LogP contribution in [0.3, 0.4) is 0 Å². The number of rotatable bonds is 8. The highest BCUT2D eigenvalue weighted by Crippen LogP contribution is 2.40. The van der Waals surface area contributed by atoms with E-state index < -0.39 is 5.79 Å². The molecule has 45 heavy (non-hydrogen) atoms. The van der Waals surface area contributed by atoms with Crippen molar-refractivity contribution in [2.45, 2.75) is 24.8 Å². The number of anilines is 1. The van der Waals surface area contributed by atoms with Gasteiger partial charge in [-0.1, -0.05) is 60.7 Å². The maximum Gasteiger partial charge on any atom is 0.270 e. The van der Waals surface area contributed by atoms with Gasteiger partial charge in [-0.2, -0.15) is 0 Å². The molecule has 236 valence electrons. The number of hydrogen-bond donors (Lipinski definition) is 0. The summed E-state index contributed by atoms with van der Waals surface area (Å²) in [5, 5.41) is 0. The molecule has 0 spiro atoms. The van der Waals surface area contributed by atoms with Gasteiger partial charge in [0.25, 0.3) is 11.8 Å². The SMILES string of the molecule is COC1(OC)C=C(C(=O)N2Cc3ccc(C(=O)N4CCN(CCN(C)C)CC4)n3Cc3ccccc32)C=CC1c1ccccc1. The molecular weight excluding hydrogens is 566 g/mol. The van der Waals surface area contributed by atoms with Crippen molar-refractivity contribution < 1.29 is 19.1 Å². The molecule has 1 fully saturated rings. The van der Waals surface area contributed by atoms with Gasteiger partial charge in [0, 0.05) is 70.4 Å². The van der Waals surface area contributed by atoms with Crippen molar-refractivity contribution in [3.63, 3.8) is 0 Å². The van der Waals surface area contributed by atoms with E-state index in [2.05, 4.69) is 28.5 Å². The van der Waals surface area contributed by atoms with Gasteiger partial charge in [0.2, 0.25) is 0 Å². The Balaban J connectivity index is 1.26. The first-order valence-electron chi connectivity index (χ1n) is 15.6. The third kappa shape index (κ3) is 6.13. The Labute approximate surface area is 265 Å². The zero-order chi connectivity index (χ0) is 31.6. The fraction of sp³-hybridized carbons (Fsp3) is 0.389. The van der Waals surface area contributed by atoms with Gasteiger partial charge in [-0.25, -0.2) is 0 Å². The lowest BCUT2D eigenvalue weighted by Gasteiger charge is -2.37. The second-order valence-electron chi connectivity index (χ2n) is 12.2. The number of methoxy groups -OCH3 is 2. The molecule has 0 bridgehead atoms. The second-order valence-corrected chi connectivity index (χ2v) is 12.2. The Morgan fingerprint density at radius 2 is 1.58 bits per heavy atom. The Kier molecular flexibility index (Phi) is 9.05. The first-order valence-corrected chi connectivity index (χ1v) is 15.6. The lowest BCUT2D eigenvalue weighted by molar-refractivity contribution is -0.179. The Hall–Kier alpha value is -4.02. The minimum atomic E-state index is -1.14. The van der Waals surface area contributed by atoms with Crippen molar-refractivity contribution >= 4 is 17.5 Å². The standard InChI is InChI=1S/C36H43N5O4/c1-37(2)18-19-38-20-22-39(23-21-38)35(43)33-17-15-30-26-41(32-13-9-8-12-29(32)25-40(30)33)34(42)28-14-16-31(27-10-6-5-7-11-27)36(24-28,44-3)45-4/h5-17,24,31H,18-23,25-26H2,1-4H3. The van der Waals surface area contributed by atoms with E-state index in [1.54, 1.807) is 25.2 Å². The molecule has 1 aliphatic carbocycles. The molecule has 3 aromatic rings. The Morgan fingerprint density at radius 1 is 0.867 bits per heavy atom. The second kappa shape index (κ2) is 13.1. The predicted octanol–water partition coefficient (Wildman–Crippen LogP) is 3.97. The van der Waals surface area contributed by atoms with Gasteiger partial charge in [-0.05, 0) is 49.5 Å². The zero-order valence-corrected chi connectivity index (χ0v) is 26.7. The quantitative estimate of drug-likeness (QED) is 0.360. The summed E-state index contributed by atoms with van der Waals surface area (Å²) < 4.78 is 14.0. The monoisotopic (exact) mass is 609 g/mol. The molecule has 1 saturated heterocycles. The van der Waals surface area contributed by atoms with Crippen molar-refractivity contribution in [3.8, 4) is 0 Å². The van der Waals surface area contributed by atoms with Crippen molar-refractivity contribution in [2.24, 2.45) is 0 Å². The first-order chi connectivity index (χ1) is 21.8. The smallest absolute Gasteiger partial charge is 0.270 e. The van der Waals surface area contributed by atoms with Gasteiger partial charge in [0.15, 0.2) is 5.79 Å². The van der Waals surface area contributed by atoms with E-state index in [9.17, 15) is 9.59 Å². The van der Waals surface area contributed by atoms with Crippen LogP contribution in [0.15, 0.2) is 90.5 Å². The molecule has 3 heterocycles. The summed E-state index contributed by atoms with van der Waals surface area (Å²) in [4.78, 5) is 36.6. The molecule has 1 atom stereocenters. The highest BCUT2D eigenvalue weighted by atomic mass is 16.7. The van der Waals surface area contributed by atoms with Gasteiger partial charge in [-0.3, -0.25) is 14.5 Å². The Morgan fingerprint density at radius 3 is 2.29 bits per heavy atom. The maximum absolute atomic E-state index is 14.4. The predicted molar refractivity (Wildman–Crippen MR) is 175 cm³/mol. The highest BCUT2D eigenvalue weighted by molar-refractivity contribution is 6.08. The summed E-state index contributed by atoms with van der Waals surface area (Å²) in [6, 6.07) is 21.9. The molecule has 0 radical (unpaired) electrons. The summed E-state index contributed by atoms with van der Waals surface area (Å²) in [5.74, 6) is -1.47. The topological polar surface area (TPSA) is 70.5 Å². The van der Waals surface area contributed by atoms with E-state index in [-0.39, 0.29) is 17.7 Å². The van der Waals surface area contributed by atoms with E-state index >= 15 is 0 Å². The fourth-order valence-electron chi connectivity index (χ4n) is 6.64. The number of para-hydroxylation sites is 1. The number of carbonyl (C=O) groups is 2. The lowest BCUT2D eigenvalue weighted by Crippen LogP contribution is -2.50. The molecule has 9 nitrogen and oxygen atoms in total. The van der Waals surface area contributed by atoms with Crippen molar-refractivity contribution in [2.75, 3.05) is 72.5 Å². The summed E-state index contributed by atoms with van der Waals surface area (Å²) in [6.07, 6.45) is 5.65. The molecule has 3 aliphatic rings. The largest absolute Gasteiger partial charge is 0.349 e. The number of carbonyl (C=O) groups excluding carboxylic acids is 2. The van der Waals surface area contributed by atoms with E-state index in [0.29, 0.717) is 37.4 Å². The van der Waals surface area contributed by atoms with E-state index in [1.165, 1.54) is 0 Å². The molecule has 6 rings (SSSR count). The van der Waals surface area contributed by atoms with Crippen molar-refractivity contribution in [1.82, 2.24) is 19.3 Å². The highest BCUT2D eigenvalue weighted by Gasteiger charge is 2.41. The summed E-state index contributed by atoms with van der Waals surface area (Å²) in [7, 11) is 7.38. The Bertz CT molecular complexity index is 1580. The molecule has 0 N–H and O–H groups in total. The number of hydrogen-bond acceptors (Lipinski definition) is 6. The zero-order valence-electron chi connectivity index (χ0n) is 26.7. The van der Waals surface area contributed by atoms with Crippen LogP contribution in [0.5, 0.6) is 0 Å². The maximum atomic E-state index is 14.4. The van der Waals surface area contributed by atoms with Crippen LogP contribution in [0.4, 0.5) is 5.69 Å². The first kappa shape index (κ1) is 31.0. The molecule has 2 amide bonds. The molecule has 2 aromatic carbocycles. The molecule has 1 unspecified atom stereocenters. The van der Waals surface area contributed by atoms with Crippen LogP contribution in [0.25, 0.3) is 0 Å². The minimum Gasteiger partial charge on any atom is -0.349 e.